The summed E-state index contributed by atoms with van der Waals surface area (Å²) < 4.78 is 0. The summed E-state index contributed by atoms with van der Waals surface area (Å²) in [7, 11) is 0. The first-order chi connectivity index (χ1) is 14.1. The highest BCUT2D eigenvalue weighted by molar-refractivity contribution is 7.13. The molecule has 1 aliphatic heterocycles. The molecule has 1 aliphatic carbocycles. The van der Waals surface area contributed by atoms with E-state index in [1.807, 2.05) is 0 Å². The molecule has 1 aromatic heterocycles. The minimum absolute atomic E-state index is 0.00322. The second kappa shape index (κ2) is 9.24. The van der Waals surface area contributed by atoms with E-state index >= 15 is 0 Å². The molecule has 7 heteroatoms. The number of primary amides is 1. The van der Waals surface area contributed by atoms with Crippen LogP contribution in [0.15, 0.2) is 30.3 Å². The van der Waals surface area contributed by atoms with E-state index in [1.54, 1.807) is 0 Å². The summed E-state index contributed by atoms with van der Waals surface area (Å²) in [5, 5.41) is 14.2. The number of hydrogen-bond acceptors (Lipinski definition) is 6. The number of benzene rings is 1. The molecule has 29 heavy (non-hydrogen) atoms. The van der Waals surface area contributed by atoms with Crippen molar-refractivity contribution in [2.75, 3.05) is 26.2 Å². The van der Waals surface area contributed by atoms with Gasteiger partial charge in [0.15, 0.2) is 5.69 Å². The number of aromatic hydroxyl groups is 1. The fraction of sp³-hybridized carbons (Fsp3) is 0.545. The first-order valence-corrected chi connectivity index (χ1v) is 11.4. The molecule has 1 aromatic carbocycles. The molecular weight excluding hydrogens is 384 g/mol. The molecule has 156 valence electrons. The summed E-state index contributed by atoms with van der Waals surface area (Å²) >= 11 is 1.16. The van der Waals surface area contributed by atoms with Crippen LogP contribution in [0.1, 0.15) is 52.7 Å². The molecule has 1 saturated carbocycles. The molecule has 2 atom stereocenters. The lowest BCUT2D eigenvalue weighted by atomic mass is 9.96. The maximum Gasteiger partial charge on any atom is 0.272 e. The van der Waals surface area contributed by atoms with Gasteiger partial charge in [0.05, 0.1) is 5.01 Å². The number of amides is 1. The number of carbonyl (C=O) groups is 1. The largest absolute Gasteiger partial charge is 0.498 e. The Balaban J connectivity index is 1.11. The molecule has 1 saturated heterocycles. The molecule has 2 fully saturated rings. The number of aryl methyl sites for hydroxylation is 1. The normalized spacial score (nSPS) is 22.6. The van der Waals surface area contributed by atoms with Gasteiger partial charge in [-0.1, -0.05) is 41.7 Å². The van der Waals surface area contributed by atoms with Gasteiger partial charge in [0.25, 0.3) is 5.91 Å². The zero-order chi connectivity index (χ0) is 20.2. The Morgan fingerprint density at radius 1 is 1.28 bits per heavy atom. The van der Waals surface area contributed by atoms with Crippen molar-refractivity contribution in [3.8, 4) is 5.06 Å². The van der Waals surface area contributed by atoms with Gasteiger partial charge in [0.1, 0.15) is 0 Å². The van der Waals surface area contributed by atoms with Gasteiger partial charge < -0.3 is 21.1 Å². The zero-order valence-corrected chi connectivity index (χ0v) is 17.5. The number of thiazole rings is 1. The zero-order valence-electron chi connectivity index (χ0n) is 16.7. The molecule has 4 rings (SSSR count). The van der Waals surface area contributed by atoms with Gasteiger partial charge in [-0.3, -0.25) is 4.79 Å². The smallest absolute Gasteiger partial charge is 0.272 e. The Kier molecular flexibility index (Phi) is 6.47. The summed E-state index contributed by atoms with van der Waals surface area (Å²) in [5.74, 6) is 0.816. The van der Waals surface area contributed by atoms with Crippen molar-refractivity contribution >= 4 is 17.2 Å². The second-order valence-electron chi connectivity index (χ2n) is 8.28. The van der Waals surface area contributed by atoms with E-state index in [0.29, 0.717) is 12.0 Å². The highest BCUT2D eigenvalue weighted by atomic mass is 32.1. The number of nitrogens with two attached hydrogens (primary N) is 1. The van der Waals surface area contributed by atoms with E-state index in [0.717, 1.165) is 61.3 Å². The van der Waals surface area contributed by atoms with Crippen molar-refractivity contribution in [1.29, 1.82) is 0 Å². The minimum atomic E-state index is -0.665. The molecule has 2 heterocycles. The van der Waals surface area contributed by atoms with Gasteiger partial charge in [-0.2, -0.15) is 0 Å². The van der Waals surface area contributed by atoms with Gasteiger partial charge in [-0.05, 0) is 63.3 Å². The highest BCUT2D eigenvalue weighted by Crippen LogP contribution is 2.40. The molecule has 1 amide bonds. The maximum atomic E-state index is 11.2. The summed E-state index contributed by atoms with van der Waals surface area (Å²) in [5.41, 5.74) is 6.67. The van der Waals surface area contributed by atoms with Crippen LogP contribution >= 0.6 is 11.3 Å². The van der Waals surface area contributed by atoms with Gasteiger partial charge in [0, 0.05) is 18.4 Å². The molecule has 0 radical (unpaired) electrons. The SMILES string of the molecule is NC(=O)c1nc(CCCN2CCC(CNC3CC3c3ccccc3)CC2)sc1O. The Bertz CT molecular complexity index is 817. The Hall–Kier alpha value is -1.96. The fourth-order valence-electron chi connectivity index (χ4n) is 4.30. The van der Waals surface area contributed by atoms with Crippen LogP contribution in [0, 0.1) is 5.92 Å². The van der Waals surface area contributed by atoms with Crippen molar-refractivity contribution < 1.29 is 9.90 Å². The first-order valence-electron chi connectivity index (χ1n) is 10.6. The molecule has 2 aromatic rings. The van der Waals surface area contributed by atoms with E-state index in [2.05, 4.69) is 45.5 Å². The lowest BCUT2D eigenvalue weighted by Gasteiger charge is -2.32. The molecule has 4 N–H and O–H groups in total. The Morgan fingerprint density at radius 3 is 2.72 bits per heavy atom. The van der Waals surface area contributed by atoms with Crippen LogP contribution in [0.5, 0.6) is 5.06 Å². The predicted octanol–water partition coefficient (Wildman–Crippen LogP) is 2.74. The van der Waals surface area contributed by atoms with Crippen LogP contribution in [0.3, 0.4) is 0 Å². The van der Waals surface area contributed by atoms with Gasteiger partial charge >= 0.3 is 0 Å². The standard InChI is InChI=1S/C22H30N4O2S/c23-21(27)20-22(28)29-19(25-20)7-4-10-26-11-8-15(9-12-26)14-24-18-13-17(18)16-5-2-1-3-6-16/h1-3,5-6,15,17-18,24,28H,4,7-14H2,(H2,23,27). The average Bonchev–Trinajstić information content (AvgIpc) is 3.42. The topological polar surface area (TPSA) is 91.5 Å². The summed E-state index contributed by atoms with van der Waals surface area (Å²) in [6, 6.07) is 11.5. The number of hydrogen-bond donors (Lipinski definition) is 3. The number of nitrogens with zero attached hydrogens (tertiary/aromatic N) is 2. The monoisotopic (exact) mass is 414 g/mol. The fourth-order valence-corrected chi connectivity index (χ4v) is 5.15. The van der Waals surface area contributed by atoms with Crippen LogP contribution < -0.4 is 11.1 Å². The minimum Gasteiger partial charge on any atom is -0.498 e. The Morgan fingerprint density at radius 2 is 2.03 bits per heavy atom. The number of likely N-dealkylation sites (tertiary alicyclic amines) is 1. The third kappa shape index (κ3) is 5.35. The van der Waals surface area contributed by atoms with Crippen molar-refractivity contribution in [3.63, 3.8) is 0 Å². The lowest BCUT2D eigenvalue weighted by molar-refractivity contribution is 0.0993. The van der Waals surface area contributed by atoms with Crippen LogP contribution in [0.2, 0.25) is 0 Å². The van der Waals surface area contributed by atoms with E-state index in [4.69, 9.17) is 5.73 Å². The van der Waals surface area contributed by atoms with E-state index < -0.39 is 5.91 Å². The van der Waals surface area contributed by atoms with Crippen LogP contribution in [0.25, 0.3) is 0 Å². The predicted molar refractivity (Wildman–Crippen MR) is 115 cm³/mol. The summed E-state index contributed by atoms with van der Waals surface area (Å²) in [4.78, 5) is 17.8. The summed E-state index contributed by atoms with van der Waals surface area (Å²) in [6.45, 7) is 4.46. The van der Waals surface area contributed by atoms with Gasteiger partial charge in [-0.15, -0.1) is 0 Å². The molecule has 0 bridgehead atoms. The maximum absolute atomic E-state index is 11.2. The lowest BCUT2D eigenvalue weighted by Crippen LogP contribution is -2.38. The number of piperidine rings is 1. The van der Waals surface area contributed by atoms with E-state index in [9.17, 15) is 9.90 Å². The first kappa shape index (κ1) is 20.3. The van der Waals surface area contributed by atoms with Gasteiger partial charge in [-0.25, -0.2) is 4.98 Å². The quantitative estimate of drug-likeness (QED) is 0.587. The second-order valence-corrected chi connectivity index (χ2v) is 9.34. The van der Waals surface area contributed by atoms with E-state index in [-0.39, 0.29) is 10.8 Å². The van der Waals surface area contributed by atoms with Crippen molar-refractivity contribution in [2.45, 2.75) is 44.1 Å². The highest BCUT2D eigenvalue weighted by Gasteiger charge is 2.38. The van der Waals surface area contributed by atoms with Crippen LogP contribution in [0.4, 0.5) is 0 Å². The van der Waals surface area contributed by atoms with Gasteiger partial charge in [0.2, 0.25) is 5.06 Å². The van der Waals surface area contributed by atoms with Crippen molar-refractivity contribution in [2.24, 2.45) is 11.7 Å². The number of rotatable bonds is 9. The molecule has 6 nitrogen and oxygen atoms in total. The molecule has 2 aliphatic rings. The van der Waals surface area contributed by atoms with E-state index in [1.165, 1.54) is 24.8 Å². The third-order valence-electron chi connectivity index (χ3n) is 6.15. The van der Waals surface area contributed by atoms with Crippen molar-refractivity contribution in [1.82, 2.24) is 15.2 Å². The molecule has 2 unspecified atom stereocenters. The number of aromatic nitrogens is 1. The number of nitrogens with one attached hydrogen (secondary N) is 1. The molecular formula is C22H30N4O2S. The number of carbonyl (C=O) groups excluding carboxylic acids is 1. The van der Waals surface area contributed by atoms with Crippen molar-refractivity contribution in [3.05, 3.63) is 46.6 Å². The average molecular weight is 415 g/mol. The van der Waals surface area contributed by atoms with Crippen LogP contribution in [-0.2, 0) is 6.42 Å². The Labute approximate surface area is 176 Å². The molecule has 0 spiro atoms. The van der Waals surface area contributed by atoms with Crippen LogP contribution in [-0.4, -0.2) is 53.1 Å². The summed E-state index contributed by atoms with van der Waals surface area (Å²) in [6.07, 6.45) is 5.52. The third-order valence-corrected chi connectivity index (χ3v) is 7.06.